The van der Waals surface area contributed by atoms with Crippen molar-refractivity contribution in [1.29, 1.82) is 0 Å². The molecule has 1 amide bonds. The molecule has 0 unspecified atom stereocenters. The fourth-order valence-corrected chi connectivity index (χ4v) is 1.83. The Morgan fingerprint density at radius 3 is 2.58 bits per heavy atom. The minimum atomic E-state index is -1.05. The molecule has 128 valence electrons. The quantitative estimate of drug-likeness (QED) is 0.761. The average molecular weight is 333 g/mol. The van der Waals surface area contributed by atoms with Gasteiger partial charge in [0.1, 0.15) is 5.75 Å². The highest BCUT2D eigenvalue weighted by Gasteiger charge is 2.11. The average Bonchev–Trinajstić information content (AvgIpc) is 3.01. The number of benzene rings is 1. The molecule has 8 nitrogen and oxygen atoms in total. The van der Waals surface area contributed by atoms with Gasteiger partial charge in [0.15, 0.2) is 12.4 Å². The summed E-state index contributed by atoms with van der Waals surface area (Å²) in [6, 6.07) is 6.45. The summed E-state index contributed by atoms with van der Waals surface area (Å²) in [4.78, 5) is 26.5. The van der Waals surface area contributed by atoms with Crippen LogP contribution in [0.3, 0.4) is 0 Å². The molecule has 2 aromatic rings. The smallest absolute Gasteiger partial charge is 0.341 e. The van der Waals surface area contributed by atoms with Crippen molar-refractivity contribution in [2.75, 3.05) is 11.9 Å². The van der Waals surface area contributed by atoms with Gasteiger partial charge >= 0.3 is 5.97 Å². The third kappa shape index (κ3) is 5.38. The second-order valence-corrected chi connectivity index (χ2v) is 5.46. The number of ether oxygens (including phenoxy) is 1. The van der Waals surface area contributed by atoms with Crippen LogP contribution in [0.4, 0.5) is 5.69 Å². The van der Waals surface area contributed by atoms with Crippen molar-refractivity contribution in [3.8, 4) is 5.75 Å². The number of carbonyl (C=O) groups excluding carboxylic acids is 1. The molecule has 1 heterocycles. The third-order valence-corrected chi connectivity index (χ3v) is 3.07. The molecular formula is C16H19N3O5. The van der Waals surface area contributed by atoms with Gasteiger partial charge in [0.2, 0.25) is 11.8 Å². The van der Waals surface area contributed by atoms with Crippen LogP contribution in [0.1, 0.15) is 37.9 Å². The van der Waals surface area contributed by atoms with E-state index in [0.29, 0.717) is 29.6 Å². The van der Waals surface area contributed by atoms with E-state index in [2.05, 4.69) is 15.5 Å². The second-order valence-electron chi connectivity index (χ2n) is 5.46. The standard InChI is InChI=1S/C16H19N3O5/c1-10(2)16-18-14(24-19-16)8-7-13(20)17-11-3-5-12(6-4-11)23-9-15(21)22/h3-6,10H,7-9H2,1-2H3,(H,17,20)(H,21,22). The molecule has 2 rings (SSSR count). The SMILES string of the molecule is CC(C)c1noc(CCC(=O)Nc2ccc(OCC(=O)O)cc2)n1. The van der Waals surface area contributed by atoms with E-state index in [4.69, 9.17) is 14.4 Å². The van der Waals surface area contributed by atoms with Gasteiger partial charge in [-0.25, -0.2) is 4.79 Å². The summed E-state index contributed by atoms with van der Waals surface area (Å²) in [6.45, 7) is 3.52. The monoisotopic (exact) mass is 333 g/mol. The van der Waals surface area contributed by atoms with Gasteiger partial charge in [-0.15, -0.1) is 0 Å². The normalized spacial score (nSPS) is 10.6. The van der Waals surface area contributed by atoms with Gasteiger partial charge in [-0.05, 0) is 24.3 Å². The first-order valence-corrected chi connectivity index (χ1v) is 7.51. The van der Waals surface area contributed by atoms with Crippen molar-refractivity contribution >= 4 is 17.6 Å². The second kappa shape index (κ2) is 8.09. The van der Waals surface area contributed by atoms with Crippen LogP contribution in [-0.2, 0) is 16.0 Å². The van der Waals surface area contributed by atoms with E-state index in [-0.39, 0.29) is 18.2 Å². The van der Waals surface area contributed by atoms with Gasteiger partial charge < -0.3 is 19.7 Å². The molecule has 0 bridgehead atoms. The van der Waals surface area contributed by atoms with Crippen LogP contribution in [0.25, 0.3) is 0 Å². The highest BCUT2D eigenvalue weighted by Crippen LogP contribution is 2.16. The maximum Gasteiger partial charge on any atom is 0.341 e. The molecule has 2 N–H and O–H groups in total. The van der Waals surface area contributed by atoms with Crippen molar-refractivity contribution < 1.29 is 24.0 Å². The molecule has 0 aliphatic rings. The fourth-order valence-electron chi connectivity index (χ4n) is 1.83. The van der Waals surface area contributed by atoms with Crippen LogP contribution in [0.5, 0.6) is 5.75 Å². The van der Waals surface area contributed by atoms with Crippen molar-refractivity contribution in [3.63, 3.8) is 0 Å². The van der Waals surface area contributed by atoms with Crippen molar-refractivity contribution in [2.45, 2.75) is 32.6 Å². The number of nitrogens with one attached hydrogen (secondary N) is 1. The number of nitrogens with zero attached hydrogens (tertiary/aromatic N) is 2. The van der Waals surface area contributed by atoms with Crippen molar-refractivity contribution in [1.82, 2.24) is 10.1 Å². The molecule has 8 heteroatoms. The molecule has 24 heavy (non-hydrogen) atoms. The van der Waals surface area contributed by atoms with Crippen molar-refractivity contribution in [3.05, 3.63) is 36.0 Å². The van der Waals surface area contributed by atoms with Crippen LogP contribution in [0, 0.1) is 0 Å². The third-order valence-electron chi connectivity index (χ3n) is 3.07. The maximum atomic E-state index is 11.9. The summed E-state index contributed by atoms with van der Waals surface area (Å²) in [5.74, 6) is 0.432. The van der Waals surface area contributed by atoms with Gasteiger partial charge in [0.25, 0.3) is 0 Å². The van der Waals surface area contributed by atoms with E-state index < -0.39 is 12.6 Å². The van der Waals surface area contributed by atoms with Crippen LogP contribution in [0.2, 0.25) is 0 Å². The zero-order valence-electron chi connectivity index (χ0n) is 13.5. The van der Waals surface area contributed by atoms with Crippen LogP contribution < -0.4 is 10.1 Å². The Morgan fingerprint density at radius 1 is 1.29 bits per heavy atom. The summed E-state index contributed by atoms with van der Waals surface area (Å²) >= 11 is 0. The van der Waals surface area contributed by atoms with E-state index in [0.717, 1.165) is 0 Å². The van der Waals surface area contributed by atoms with Crippen molar-refractivity contribution in [2.24, 2.45) is 0 Å². The Kier molecular flexibility index (Phi) is 5.89. The minimum absolute atomic E-state index is 0.179. The van der Waals surface area contributed by atoms with Gasteiger partial charge in [-0.2, -0.15) is 4.98 Å². The molecule has 0 atom stereocenters. The number of rotatable bonds is 8. The number of anilines is 1. The highest BCUT2D eigenvalue weighted by atomic mass is 16.5. The number of carboxylic acids is 1. The summed E-state index contributed by atoms with van der Waals surface area (Å²) in [5.41, 5.74) is 0.594. The van der Waals surface area contributed by atoms with Gasteiger partial charge in [-0.1, -0.05) is 19.0 Å². The lowest BCUT2D eigenvalue weighted by molar-refractivity contribution is -0.139. The first kappa shape index (κ1) is 17.5. The Balaban J connectivity index is 1.80. The Bertz CT molecular complexity index is 694. The first-order chi connectivity index (χ1) is 11.4. The first-order valence-electron chi connectivity index (χ1n) is 7.51. The Morgan fingerprint density at radius 2 is 2.00 bits per heavy atom. The number of carboxylic acid groups (broad SMARTS) is 1. The molecule has 1 aromatic carbocycles. The molecular weight excluding hydrogens is 314 g/mol. The maximum absolute atomic E-state index is 11.9. The number of carbonyl (C=O) groups is 2. The summed E-state index contributed by atoms with van der Waals surface area (Å²) in [5, 5.41) is 15.1. The van der Waals surface area contributed by atoms with E-state index in [9.17, 15) is 9.59 Å². The topological polar surface area (TPSA) is 115 Å². The van der Waals surface area contributed by atoms with E-state index in [1.807, 2.05) is 13.8 Å². The molecule has 0 saturated heterocycles. The lowest BCUT2D eigenvalue weighted by atomic mass is 10.2. The molecule has 0 aliphatic carbocycles. The molecule has 0 fully saturated rings. The van der Waals surface area contributed by atoms with Gasteiger partial charge in [-0.3, -0.25) is 4.79 Å². The fraction of sp³-hybridized carbons (Fsp3) is 0.375. The molecule has 0 aliphatic heterocycles. The molecule has 0 radical (unpaired) electrons. The summed E-state index contributed by atoms with van der Waals surface area (Å²) in [6.07, 6.45) is 0.586. The number of amides is 1. The van der Waals surface area contributed by atoms with Gasteiger partial charge in [0.05, 0.1) is 0 Å². The van der Waals surface area contributed by atoms with E-state index in [1.54, 1.807) is 24.3 Å². The summed E-state index contributed by atoms with van der Waals surface area (Å²) < 4.78 is 10.1. The predicted molar refractivity (Wildman–Crippen MR) is 84.9 cm³/mol. The Hall–Kier alpha value is -2.90. The van der Waals surface area contributed by atoms with Crippen LogP contribution >= 0.6 is 0 Å². The number of hydrogen-bond acceptors (Lipinski definition) is 6. The molecule has 1 aromatic heterocycles. The largest absolute Gasteiger partial charge is 0.482 e. The number of aliphatic carboxylic acids is 1. The highest BCUT2D eigenvalue weighted by molar-refractivity contribution is 5.90. The van der Waals surface area contributed by atoms with E-state index >= 15 is 0 Å². The van der Waals surface area contributed by atoms with Crippen LogP contribution in [0.15, 0.2) is 28.8 Å². The van der Waals surface area contributed by atoms with E-state index in [1.165, 1.54) is 0 Å². The van der Waals surface area contributed by atoms with Crippen LogP contribution in [-0.4, -0.2) is 33.7 Å². The minimum Gasteiger partial charge on any atom is -0.482 e. The number of aromatic nitrogens is 2. The predicted octanol–water partition coefficient (Wildman–Crippen LogP) is 2.23. The molecule has 0 saturated carbocycles. The summed E-state index contributed by atoms with van der Waals surface area (Å²) in [7, 11) is 0. The lowest BCUT2D eigenvalue weighted by Gasteiger charge is -2.06. The molecule has 0 spiro atoms. The lowest BCUT2D eigenvalue weighted by Crippen LogP contribution is -2.12. The Labute approximate surface area is 138 Å². The zero-order valence-corrected chi connectivity index (χ0v) is 13.5. The van der Waals surface area contributed by atoms with Gasteiger partial charge in [0, 0.05) is 24.4 Å². The zero-order chi connectivity index (χ0) is 17.5. The number of aryl methyl sites for hydroxylation is 1. The number of hydrogen-bond donors (Lipinski definition) is 2.